The van der Waals surface area contributed by atoms with Gasteiger partial charge in [-0.2, -0.15) is 0 Å². The average molecular weight is 477 g/mol. The number of imide groups is 1. The van der Waals surface area contributed by atoms with Crippen molar-refractivity contribution >= 4 is 40.6 Å². The van der Waals surface area contributed by atoms with Crippen LogP contribution in [-0.4, -0.2) is 27.2 Å². The molecule has 3 fully saturated rings. The van der Waals surface area contributed by atoms with Gasteiger partial charge in [0, 0.05) is 16.0 Å². The molecule has 1 saturated heterocycles. The molecular weight excluding hydrogens is 456 g/mol. The van der Waals surface area contributed by atoms with Crippen molar-refractivity contribution < 1.29 is 14.7 Å². The minimum atomic E-state index is -0.304. The van der Waals surface area contributed by atoms with Crippen LogP contribution in [0.25, 0.3) is 0 Å². The Balaban J connectivity index is 1.34. The minimum Gasteiger partial charge on any atom is -0.508 e. The molecule has 0 spiro atoms. The topological polar surface area (TPSA) is 90.5 Å². The molecule has 2 aromatic carbocycles. The molecule has 2 bridgehead atoms. The van der Waals surface area contributed by atoms with Crippen molar-refractivity contribution in [3.8, 4) is 5.75 Å². The Morgan fingerprint density at radius 3 is 2.33 bits per heavy atom. The van der Waals surface area contributed by atoms with E-state index in [0.29, 0.717) is 5.69 Å². The monoisotopic (exact) mass is 476 g/mol. The maximum absolute atomic E-state index is 13.6. The second-order valence-corrected chi connectivity index (χ2v) is 11.6. The number of aromatic hydroxyl groups is 1. The third-order valence-corrected chi connectivity index (χ3v) is 10.6. The number of para-hydroxylation sites is 1. The fraction of sp³-hybridized carbons (Fsp3) is 0.320. The highest BCUT2D eigenvalue weighted by atomic mass is 32.2. The predicted octanol–water partition coefficient (Wildman–Crippen LogP) is 3.82. The quantitative estimate of drug-likeness (QED) is 0.549. The molecule has 2 amide bonds. The van der Waals surface area contributed by atoms with E-state index in [9.17, 15) is 19.5 Å². The van der Waals surface area contributed by atoms with Crippen LogP contribution in [0.4, 0.5) is 5.69 Å². The Labute approximate surface area is 197 Å². The normalized spacial score (nSPS) is 33.8. The van der Waals surface area contributed by atoms with E-state index in [0.717, 1.165) is 21.9 Å². The lowest BCUT2D eigenvalue weighted by Gasteiger charge is -2.43. The summed E-state index contributed by atoms with van der Waals surface area (Å²) in [5, 5.41) is 10.9. The van der Waals surface area contributed by atoms with Crippen LogP contribution in [0.3, 0.4) is 0 Å². The van der Waals surface area contributed by atoms with Crippen LogP contribution in [0.2, 0.25) is 0 Å². The fourth-order valence-corrected chi connectivity index (χ4v) is 9.79. The molecule has 4 aliphatic rings. The Morgan fingerprint density at radius 1 is 0.909 bits per heavy atom. The van der Waals surface area contributed by atoms with Gasteiger partial charge in [-0.3, -0.25) is 19.3 Å². The van der Waals surface area contributed by atoms with Gasteiger partial charge in [-0.1, -0.05) is 41.7 Å². The van der Waals surface area contributed by atoms with E-state index in [1.54, 1.807) is 23.9 Å². The first-order chi connectivity index (χ1) is 16.0. The van der Waals surface area contributed by atoms with Crippen molar-refractivity contribution in [3.05, 3.63) is 74.7 Å². The lowest BCUT2D eigenvalue weighted by Crippen LogP contribution is -2.42. The number of H-pyrrole nitrogens is 1. The van der Waals surface area contributed by atoms with Crippen LogP contribution in [0, 0.1) is 29.6 Å². The predicted molar refractivity (Wildman–Crippen MR) is 126 cm³/mol. The van der Waals surface area contributed by atoms with E-state index in [-0.39, 0.29) is 63.2 Å². The summed E-state index contributed by atoms with van der Waals surface area (Å²) in [5.41, 5.74) is 1.69. The van der Waals surface area contributed by atoms with Crippen molar-refractivity contribution in [2.24, 2.45) is 29.6 Å². The van der Waals surface area contributed by atoms with Gasteiger partial charge in [-0.05, 0) is 54.0 Å². The molecule has 2 aliphatic carbocycles. The van der Waals surface area contributed by atoms with Gasteiger partial charge in [0.05, 0.1) is 22.5 Å². The molecule has 3 heterocycles. The second-order valence-electron chi connectivity index (χ2n) is 9.40. The molecule has 7 atom stereocenters. The van der Waals surface area contributed by atoms with Crippen molar-refractivity contribution in [1.29, 1.82) is 0 Å². The number of hydrogen-bond acceptors (Lipinski definition) is 6. The minimum absolute atomic E-state index is 0.0274. The number of hydrogen-bond donors (Lipinski definition) is 2. The Morgan fingerprint density at radius 2 is 1.61 bits per heavy atom. The molecule has 8 heteroatoms. The summed E-state index contributed by atoms with van der Waals surface area (Å²) in [6.07, 6.45) is 0.867. The Bertz CT molecular complexity index is 1350. The summed E-state index contributed by atoms with van der Waals surface area (Å²) in [6, 6.07) is 16.4. The molecule has 33 heavy (non-hydrogen) atoms. The standard InChI is InChI=1S/C25H20N2O4S2/c28-13-8-6-11(7-9-13)16-17-14-10-15(20(17)32-22-21(16)33-25(31)26-22)19-18(14)23(29)27(24(19)30)12-4-2-1-3-5-12/h1-9,14-20,28H,10H2,(H,26,31)/t14-,15-,16?,17?,18?,19?,20?/m1/s1. The number of carbonyl (C=O) groups is 2. The third-order valence-electron chi connectivity index (χ3n) is 7.99. The third kappa shape index (κ3) is 2.59. The van der Waals surface area contributed by atoms with E-state index in [1.165, 1.54) is 16.2 Å². The zero-order valence-corrected chi connectivity index (χ0v) is 19.0. The van der Waals surface area contributed by atoms with Crippen molar-refractivity contribution in [2.75, 3.05) is 4.90 Å². The zero-order valence-electron chi connectivity index (χ0n) is 17.4. The number of fused-ring (bicyclic) bond motifs is 9. The molecule has 5 unspecified atom stereocenters. The molecule has 0 radical (unpaired) electrons. The SMILES string of the molecule is O=C1C2C(C(=O)N1c1ccccc1)[C@@H]1C[C@H]2C2Sc3[nH]c(=O)sc3C(c3ccc(O)cc3)C21. The highest BCUT2D eigenvalue weighted by Gasteiger charge is 2.69. The second kappa shape index (κ2) is 6.84. The number of phenols is 1. The van der Waals surface area contributed by atoms with Crippen LogP contribution in [0.5, 0.6) is 5.75 Å². The molecule has 6 nitrogen and oxygen atoms in total. The lowest BCUT2D eigenvalue weighted by atomic mass is 9.68. The smallest absolute Gasteiger partial charge is 0.305 e. The summed E-state index contributed by atoms with van der Waals surface area (Å²) in [6.45, 7) is 0. The number of carbonyl (C=O) groups excluding carboxylic acids is 2. The van der Waals surface area contributed by atoms with Gasteiger partial charge in [0.1, 0.15) is 5.75 Å². The molecule has 2 N–H and O–H groups in total. The molecule has 3 aromatic rings. The first kappa shape index (κ1) is 19.6. The van der Waals surface area contributed by atoms with Gasteiger partial charge in [0.25, 0.3) is 0 Å². The van der Waals surface area contributed by atoms with Crippen LogP contribution in [0.15, 0.2) is 64.4 Å². The molecule has 2 aliphatic heterocycles. The van der Waals surface area contributed by atoms with E-state index < -0.39 is 0 Å². The number of aromatic amines is 1. The molecule has 1 aromatic heterocycles. The summed E-state index contributed by atoms with van der Waals surface area (Å²) in [5.74, 6) is -0.213. The average Bonchev–Trinajstić information content (AvgIpc) is 3.54. The van der Waals surface area contributed by atoms with Gasteiger partial charge < -0.3 is 10.1 Å². The lowest BCUT2D eigenvalue weighted by molar-refractivity contribution is -0.123. The first-order valence-electron chi connectivity index (χ1n) is 11.1. The van der Waals surface area contributed by atoms with E-state index in [2.05, 4.69) is 4.98 Å². The fourth-order valence-electron chi connectivity index (χ4n) is 6.90. The summed E-state index contributed by atoms with van der Waals surface area (Å²) in [4.78, 5) is 44.8. The zero-order chi connectivity index (χ0) is 22.4. The first-order valence-corrected chi connectivity index (χ1v) is 12.8. The molecule has 2 saturated carbocycles. The number of nitrogens with one attached hydrogen (secondary N) is 1. The number of thiazole rings is 1. The molecule has 166 valence electrons. The van der Waals surface area contributed by atoms with Gasteiger partial charge in [0.2, 0.25) is 11.8 Å². The molecule has 7 rings (SSSR count). The van der Waals surface area contributed by atoms with Crippen molar-refractivity contribution in [1.82, 2.24) is 4.98 Å². The largest absolute Gasteiger partial charge is 0.508 e. The molecular formula is C25H20N2O4S2. The van der Waals surface area contributed by atoms with Crippen LogP contribution >= 0.6 is 23.1 Å². The number of aromatic nitrogens is 1. The van der Waals surface area contributed by atoms with Gasteiger partial charge in [0.15, 0.2) is 0 Å². The van der Waals surface area contributed by atoms with Crippen LogP contribution < -0.4 is 9.77 Å². The number of amides is 2. The van der Waals surface area contributed by atoms with Crippen LogP contribution in [-0.2, 0) is 9.59 Å². The number of nitrogens with zero attached hydrogens (tertiary/aromatic N) is 1. The number of thioether (sulfide) groups is 1. The van der Waals surface area contributed by atoms with Gasteiger partial charge in [-0.25, -0.2) is 0 Å². The number of rotatable bonds is 2. The summed E-state index contributed by atoms with van der Waals surface area (Å²) in [7, 11) is 0. The number of benzene rings is 2. The summed E-state index contributed by atoms with van der Waals surface area (Å²) >= 11 is 2.93. The van der Waals surface area contributed by atoms with Crippen molar-refractivity contribution in [2.45, 2.75) is 22.6 Å². The number of phenolic OH excluding ortho intramolecular Hbond substituents is 1. The van der Waals surface area contributed by atoms with Crippen molar-refractivity contribution in [3.63, 3.8) is 0 Å². The Kier molecular flexibility index (Phi) is 4.06. The van der Waals surface area contributed by atoms with E-state index in [1.807, 2.05) is 42.5 Å². The maximum atomic E-state index is 13.6. The Hall–Kier alpha value is -2.84. The van der Waals surface area contributed by atoms with E-state index >= 15 is 0 Å². The van der Waals surface area contributed by atoms with Gasteiger partial charge in [-0.15, -0.1) is 11.8 Å². The van der Waals surface area contributed by atoms with E-state index in [4.69, 9.17) is 0 Å². The highest BCUT2D eigenvalue weighted by molar-refractivity contribution is 8.00. The van der Waals surface area contributed by atoms with Crippen LogP contribution in [0.1, 0.15) is 22.8 Å². The van der Waals surface area contributed by atoms with Gasteiger partial charge >= 0.3 is 4.87 Å². The summed E-state index contributed by atoms with van der Waals surface area (Å²) < 4.78 is 0. The maximum Gasteiger partial charge on any atom is 0.305 e. The number of anilines is 1. The highest BCUT2D eigenvalue weighted by Crippen LogP contribution is 2.68.